The van der Waals surface area contributed by atoms with E-state index in [4.69, 9.17) is 9.47 Å². The van der Waals surface area contributed by atoms with E-state index in [1.54, 1.807) is 27.7 Å². The van der Waals surface area contributed by atoms with Gasteiger partial charge in [0.1, 0.15) is 17.5 Å². The number of hydrogen-bond donors (Lipinski definition) is 2. The Kier molecular flexibility index (Phi) is 7.12. The predicted octanol–water partition coefficient (Wildman–Crippen LogP) is 4.72. The van der Waals surface area contributed by atoms with Crippen LogP contribution in [-0.2, 0) is 20.9 Å². The van der Waals surface area contributed by atoms with E-state index < -0.39 is 29.5 Å². The number of halogens is 1. The first kappa shape index (κ1) is 21.4. The van der Waals surface area contributed by atoms with Gasteiger partial charge in [-0.3, -0.25) is 10.1 Å². The molecular weight excluding hydrogens is 363 g/mol. The Labute approximate surface area is 164 Å². The summed E-state index contributed by atoms with van der Waals surface area (Å²) in [6.07, 6.45) is -1.49. The van der Waals surface area contributed by atoms with E-state index in [2.05, 4.69) is 10.6 Å². The lowest BCUT2D eigenvalue weighted by Gasteiger charge is -2.21. The molecule has 0 radical (unpaired) electrons. The van der Waals surface area contributed by atoms with Gasteiger partial charge in [0, 0.05) is 0 Å². The molecule has 0 bridgehead atoms. The van der Waals surface area contributed by atoms with Crippen LogP contribution in [0.15, 0.2) is 48.5 Å². The Morgan fingerprint density at radius 1 is 1.04 bits per heavy atom. The molecule has 2 amide bonds. The highest BCUT2D eigenvalue weighted by molar-refractivity contribution is 5.99. The first-order valence-electron chi connectivity index (χ1n) is 8.90. The lowest BCUT2D eigenvalue weighted by Crippen LogP contribution is -2.29. The van der Waals surface area contributed by atoms with Crippen molar-refractivity contribution in [3.8, 4) is 0 Å². The van der Waals surface area contributed by atoms with Gasteiger partial charge in [-0.25, -0.2) is 9.18 Å². The van der Waals surface area contributed by atoms with E-state index in [1.807, 2.05) is 30.3 Å². The van der Waals surface area contributed by atoms with Crippen LogP contribution in [0.4, 0.5) is 20.6 Å². The Balaban J connectivity index is 2.02. The van der Waals surface area contributed by atoms with Crippen LogP contribution in [-0.4, -0.2) is 23.7 Å². The van der Waals surface area contributed by atoms with Crippen LogP contribution < -0.4 is 10.6 Å². The van der Waals surface area contributed by atoms with Gasteiger partial charge in [0.15, 0.2) is 0 Å². The fraction of sp³-hybridized carbons (Fsp3) is 0.333. The Hall–Kier alpha value is -2.93. The maximum absolute atomic E-state index is 13.7. The molecule has 2 aromatic rings. The smallest absolute Gasteiger partial charge is 0.412 e. The van der Waals surface area contributed by atoms with Gasteiger partial charge in [0.2, 0.25) is 0 Å². The van der Waals surface area contributed by atoms with Gasteiger partial charge in [-0.05, 0) is 51.5 Å². The first-order chi connectivity index (χ1) is 13.1. The van der Waals surface area contributed by atoms with Crippen molar-refractivity contribution < 1.29 is 23.5 Å². The molecule has 0 heterocycles. The van der Waals surface area contributed by atoms with Gasteiger partial charge in [-0.15, -0.1) is 0 Å². The molecule has 0 spiro atoms. The minimum absolute atomic E-state index is 0.117. The Morgan fingerprint density at radius 3 is 2.36 bits per heavy atom. The van der Waals surface area contributed by atoms with Crippen molar-refractivity contribution in [3.63, 3.8) is 0 Å². The lowest BCUT2D eigenvalue weighted by molar-refractivity contribution is -0.127. The van der Waals surface area contributed by atoms with Crippen LogP contribution in [0.25, 0.3) is 0 Å². The standard InChI is InChI=1S/C21H25FN2O4/c1-14(27-13-15-8-6-5-7-9-15)19(25)23-18-12-16(22)10-11-17(18)24-20(26)28-21(2,3)4/h5-12,14H,13H2,1-4H3,(H,23,25)(H,24,26). The topological polar surface area (TPSA) is 76.7 Å². The molecule has 28 heavy (non-hydrogen) atoms. The zero-order valence-electron chi connectivity index (χ0n) is 16.4. The molecule has 1 unspecified atom stereocenters. The summed E-state index contributed by atoms with van der Waals surface area (Å²) in [6, 6.07) is 13.1. The molecular formula is C21H25FN2O4. The Morgan fingerprint density at radius 2 is 1.71 bits per heavy atom. The van der Waals surface area contributed by atoms with E-state index in [1.165, 1.54) is 12.1 Å². The molecule has 1 atom stereocenters. The summed E-state index contributed by atoms with van der Waals surface area (Å²) in [4.78, 5) is 24.4. The van der Waals surface area contributed by atoms with E-state index >= 15 is 0 Å². The van der Waals surface area contributed by atoms with E-state index in [0.29, 0.717) is 0 Å². The highest BCUT2D eigenvalue weighted by Crippen LogP contribution is 2.24. The van der Waals surface area contributed by atoms with Crippen LogP contribution in [0.2, 0.25) is 0 Å². The van der Waals surface area contributed by atoms with E-state index in [-0.39, 0.29) is 18.0 Å². The van der Waals surface area contributed by atoms with Crippen LogP contribution >= 0.6 is 0 Å². The second kappa shape index (κ2) is 9.32. The number of anilines is 2. The SMILES string of the molecule is CC(OCc1ccccc1)C(=O)Nc1cc(F)ccc1NC(=O)OC(C)(C)C. The lowest BCUT2D eigenvalue weighted by atomic mass is 10.2. The fourth-order valence-corrected chi connectivity index (χ4v) is 2.25. The van der Waals surface area contributed by atoms with Gasteiger partial charge >= 0.3 is 6.09 Å². The van der Waals surface area contributed by atoms with Gasteiger partial charge in [0.25, 0.3) is 5.91 Å². The molecule has 2 rings (SSSR count). The number of rotatable bonds is 6. The summed E-state index contributed by atoms with van der Waals surface area (Å²) in [5.74, 6) is -1.02. The summed E-state index contributed by atoms with van der Waals surface area (Å²) in [7, 11) is 0. The molecule has 0 aliphatic heterocycles. The molecule has 0 fully saturated rings. The van der Waals surface area contributed by atoms with E-state index in [9.17, 15) is 14.0 Å². The average molecular weight is 388 g/mol. The average Bonchev–Trinajstić information content (AvgIpc) is 2.61. The van der Waals surface area contributed by atoms with Gasteiger partial charge < -0.3 is 14.8 Å². The number of ether oxygens (including phenoxy) is 2. The molecule has 0 saturated heterocycles. The molecule has 0 aliphatic carbocycles. The second-order valence-corrected chi connectivity index (χ2v) is 7.24. The van der Waals surface area contributed by atoms with Gasteiger partial charge in [-0.1, -0.05) is 30.3 Å². The second-order valence-electron chi connectivity index (χ2n) is 7.24. The predicted molar refractivity (Wildman–Crippen MR) is 106 cm³/mol. The maximum atomic E-state index is 13.7. The van der Waals surface area contributed by atoms with Crippen molar-refractivity contribution in [2.45, 2.75) is 46.0 Å². The maximum Gasteiger partial charge on any atom is 0.412 e. The van der Waals surface area contributed by atoms with Crippen molar-refractivity contribution >= 4 is 23.4 Å². The summed E-state index contributed by atoms with van der Waals surface area (Å²) in [5, 5.41) is 5.09. The first-order valence-corrected chi connectivity index (χ1v) is 8.90. The molecule has 6 nitrogen and oxygen atoms in total. The normalized spacial score (nSPS) is 12.2. The van der Waals surface area contributed by atoms with E-state index in [0.717, 1.165) is 11.6 Å². The van der Waals surface area contributed by atoms with Crippen molar-refractivity contribution in [1.29, 1.82) is 0 Å². The monoisotopic (exact) mass is 388 g/mol. The molecule has 2 aromatic carbocycles. The molecule has 0 saturated carbocycles. The molecule has 0 aliphatic rings. The third-order valence-corrected chi connectivity index (χ3v) is 3.59. The molecule has 2 N–H and O–H groups in total. The third-order valence-electron chi connectivity index (χ3n) is 3.59. The highest BCUT2D eigenvalue weighted by Gasteiger charge is 2.19. The highest BCUT2D eigenvalue weighted by atomic mass is 19.1. The van der Waals surface area contributed by atoms with Crippen LogP contribution in [0, 0.1) is 5.82 Å². The quantitative estimate of drug-likeness (QED) is 0.751. The summed E-state index contributed by atoms with van der Waals surface area (Å²) in [5.41, 5.74) is 0.582. The summed E-state index contributed by atoms with van der Waals surface area (Å²) < 4.78 is 24.4. The van der Waals surface area contributed by atoms with Crippen molar-refractivity contribution in [2.75, 3.05) is 10.6 Å². The van der Waals surface area contributed by atoms with Crippen LogP contribution in [0.3, 0.4) is 0 Å². The minimum atomic E-state index is -0.780. The van der Waals surface area contributed by atoms with Crippen molar-refractivity contribution in [3.05, 3.63) is 59.9 Å². The van der Waals surface area contributed by atoms with Gasteiger partial charge in [0.05, 0.1) is 18.0 Å². The van der Waals surface area contributed by atoms with Crippen molar-refractivity contribution in [1.82, 2.24) is 0 Å². The molecule has 0 aromatic heterocycles. The zero-order valence-corrected chi connectivity index (χ0v) is 16.4. The van der Waals surface area contributed by atoms with Crippen molar-refractivity contribution in [2.24, 2.45) is 0 Å². The number of carbonyl (C=O) groups excluding carboxylic acids is 2. The summed E-state index contributed by atoms with van der Waals surface area (Å²) >= 11 is 0. The fourth-order valence-electron chi connectivity index (χ4n) is 2.25. The minimum Gasteiger partial charge on any atom is -0.444 e. The summed E-state index contributed by atoms with van der Waals surface area (Å²) in [6.45, 7) is 7.04. The third kappa shape index (κ3) is 7.00. The largest absolute Gasteiger partial charge is 0.444 e. The number of nitrogens with one attached hydrogen (secondary N) is 2. The van der Waals surface area contributed by atoms with Crippen LogP contribution in [0.5, 0.6) is 0 Å². The number of carbonyl (C=O) groups is 2. The number of benzene rings is 2. The van der Waals surface area contributed by atoms with Gasteiger partial charge in [-0.2, -0.15) is 0 Å². The Bertz CT molecular complexity index is 819. The number of amides is 2. The zero-order chi connectivity index (χ0) is 20.7. The van der Waals surface area contributed by atoms with Crippen LogP contribution in [0.1, 0.15) is 33.3 Å². The molecule has 150 valence electrons. The molecule has 7 heteroatoms. The number of hydrogen-bond acceptors (Lipinski definition) is 4.